The summed E-state index contributed by atoms with van der Waals surface area (Å²) in [6.45, 7) is 0.322. The molecule has 0 saturated carbocycles. The van der Waals surface area contributed by atoms with Gasteiger partial charge in [0.2, 0.25) is 6.41 Å². The summed E-state index contributed by atoms with van der Waals surface area (Å²) in [6.07, 6.45) is 0.947. The van der Waals surface area contributed by atoms with Crippen LogP contribution in [0.15, 0.2) is 30.3 Å². The predicted molar refractivity (Wildman–Crippen MR) is 98.0 cm³/mol. The highest BCUT2D eigenvalue weighted by atomic mass is 32.1. The number of amidine groups is 1. The zero-order valence-electron chi connectivity index (χ0n) is 13.1. The Hall–Kier alpha value is -3.20. The molecule has 0 aliphatic carbocycles. The number of carbonyl (C=O) groups is 2. The first-order valence-corrected chi connectivity index (χ1v) is 8.29. The van der Waals surface area contributed by atoms with Crippen molar-refractivity contribution in [2.75, 3.05) is 11.9 Å². The van der Waals surface area contributed by atoms with Gasteiger partial charge in [0.1, 0.15) is 5.82 Å². The summed E-state index contributed by atoms with van der Waals surface area (Å²) in [5.74, 6) is 0.481. The van der Waals surface area contributed by atoms with Crippen molar-refractivity contribution in [2.45, 2.75) is 6.42 Å². The highest BCUT2D eigenvalue weighted by molar-refractivity contribution is 7.19. The SMILES string of the molecule is N=C(N)CCNC(=O)c1ccc2nc(-c3ccc(NC=O)s3)[nH]c2c1. The van der Waals surface area contributed by atoms with Gasteiger partial charge in [-0.3, -0.25) is 15.0 Å². The van der Waals surface area contributed by atoms with Gasteiger partial charge in [0.25, 0.3) is 5.91 Å². The number of H-pyrrole nitrogens is 1. The molecule has 0 fully saturated rings. The molecule has 0 radical (unpaired) electrons. The molecule has 0 unspecified atom stereocenters. The van der Waals surface area contributed by atoms with Gasteiger partial charge in [-0.1, -0.05) is 0 Å². The van der Waals surface area contributed by atoms with E-state index in [-0.39, 0.29) is 11.7 Å². The summed E-state index contributed by atoms with van der Waals surface area (Å²) in [7, 11) is 0. The summed E-state index contributed by atoms with van der Waals surface area (Å²) in [6, 6.07) is 8.86. The Labute approximate surface area is 147 Å². The second kappa shape index (κ2) is 7.14. The van der Waals surface area contributed by atoms with E-state index in [9.17, 15) is 9.59 Å². The number of imidazole rings is 1. The van der Waals surface area contributed by atoms with Gasteiger partial charge in [0.05, 0.1) is 26.7 Å². The maximum absolute atomic E-state index is 12.1. The Kier molecular flexibility index (Phi) is 4.75. The van der Waals surface area contributed by atoms with Crippen molar-refractivity contribution in [2.24, 2.45) is 5.73 Å². The molecule has 2 heterocycles. The fourth-order valence-corrected chi connectivity index (χ4v) is 3.09. The maximum atomic E-state index is 12.1. The molecule has 9 heteroatoms. The largest absolute Gasteiger partial charge is 0.388 e. The number of aromatic nitrogens is 2. The van der Waals surface area contributed by atoms with E-state index in [4.69, 9.17) is 11.1 Å². The first-order chi connectivity index (χ1) is 12.1. The molecule has 0 atom stereocenters. The highest BCUT2D eigenvalue weighted by Crippen LogP contribution is 2.30. The summed E-state index contributed by atoms with van der Waals surface area (Å²) in [5, 5.41) is 13.2. The van der Waals surface area contributed by atoms with E-state index in [2.05, 4.69) is 20.6 Å². The minimum Gasteiger partial charge on any atom is -0.388 e. The monoisotopic (exact) mass is 356 g/mol. The lowest BCUT2D eigenvalue weighted by Crippen LogP contribution is -2.27. The van der Waals surface area contributed by atoms with Gasteiger partial charge in [-0.15, -0.1) is 11.3 Å². The van der Waals surface area contributed by atoms with Crippen LogP contribution in [0.4, 0.5) is 5.00 Å². The van der Waals surface area contributed by atoms with Crippen LogP contribution in [0.5, 0.6) is 0 Å². The van der Waals surface area contributed by atoms with E-state index < -0.39 is 0 Å². The number of nitrogens with two attached hydrogens (primary N) is 1. The van der Waals surface area contributed by atoms with Gasteiger partial charge in [-0.25, -0.2) is 4.98 Å². The van der Waals surface area contributed by atoms with Crippen LogP contribution in [0.1, 0.15) is 16.8 Å². The van der Waals surface area contributed by atoms with Crippen molar-refractivity contribution in [1.29, 1.82) is 5.41 Å². The number of carbonyl (C=O) groups excluding carboxylic acids is 2. The molecule has 3 aromatic rings. The van der Waals surface area contributed by atoms with Crippen LogP contribution in [-0.2, 0) is 4.79 Å². The van der Waals surface area contributed by atoms with Crippen LogP contribution < -0.4 is 16.4 Å². The second-order valence-corrected chi connectivity index (χ2v) is 6.36. The third-order valence-electron chi connectivity index (χ3n) is 3.46. The third-order valence-corrected chi connectivity index (χ3v) is 4.49. The van der Waals surface area contributed by atoms with Gasteiger partial charge < -0.3 is 21.4 Å². The molecular weight excluding hydrogens is 340 g/mol. The Balaban J connectivity index is 1.79. The molecule has 25 heavy (non-hydrogen) atoms. The molecular formula is C16H16N6O2S. The molecule has 6 N–H and O–H groups in total. The quantitative estimate of drug-likeness (QED) is 0.251. The molecule has 0 bridgehead atoms. The second-order valence-electron chi connectivity index (χ2n) is 5.27. The zero-order chi connectivity index (χ0) is 17.8. The fourth-order valence-electron chi connectivity index (χ4n) is 2.28. The van der Waals surface area contributed by atoms with E-state index in [0.29, 0.717) is 30.8 Å². The van der Waals surface area contributed by atoms with E-state index in [1.54, 1.807) is 24.3 Å². The summed E-state index contributed by atoms with van der Waals surface area (Å²) < 4.78 is 0. The van der Waals surface area contributed by atoms with Gasteiger partial charge in [0.15, 0.2) is 0 Å². The van der Waals surface area contributed by atoms with Crippen LogP contribution in [0.2, 0.25) is 0 Å². The lowest BCUT2D eigenvalue weighted by molar-refractivity contribution is -0.105. The lowest BCUT2D eigenvalue weighted by atomic mass is 10.2. The van der Waals surface area contributed by atoms with Gasteiger partial charge in [-0.2, -0.15) is 0 Å². The van der Waals surface area contributed by atoms with E-state index in [1.807, 2.05) is 6.07 Å². The molecule has 1 aromatic carbocycles. The molecule has 0 aliphatic heterocycles. The number of nitrogens with one attached hydrogen (secondary N) is 4. The predicted octanol–water partition coefficient (Wildman–Crippen LogP) is 1.92. The summed E-state index contributed by atoms with van der Waals surface area (Å²) >= 11 is 1.40. The maximum Gasteiger partial charge on any atom is 0.251 e. The molecule has 3 rings (SSSR count). The standard InChI is InChI=1S/C16H16N6O2S/c17-13(18)5-6-19-16(24)9-1-2-10-11(7-9)22-15(21-10)12-3-4-14(25-12)20-8-23/h1-4,7-8H,5-6H2,(H3,17,18)(H,19,24)(H,20,23)(H,21,22). The normalized spacial score (nSPS) is 10.6. The summed E-state index contributed by atoms with van der Waals surface area (Å²) in [4.78, 5) is 31.2. The first-order valence-electron chi connectivity index (χ1n) is 7.48. The number of fused-ring (bicyclic) bond motifs is 1. The number of nitrogens with zero attached hydrogens (tertiary/aromatic N) is 1. The zero-order valence-corrected chi connectivity index (χ0v) is 13.9. The molecule has 0 spiro atoms. The molecule has 128 valence electrons. The third kappa shape index (κ3) is 3.83. The molecule has 2 amide bonds. The van der Waals surface area contributed by atoms with Gasteiger partial charge >= 0.3 is 0 Å². The Morgan fingerprint density at radius 2 is 2.20 bits per heavy atom. The average Bonchev–Trinajstić information content (AvgIpc) is 3.20. The molecule has 0 saturated heterocycles. The smallest absolute Gasteiger partial charge is 0.251 e. The number of hydrogen-bond acceptors (Lipinski definition) is 5. The van der Waals surface area contributed by atoms with Crippen molar-refractivity contribution in [3.05, 3.63) is 35.9 Å². The summed E-state index contributed by atoms with van der Waals surface area (Å²) in [5.41, 5.74) is 7.25. The van der Waals surface area contributed by atoms with Crippen LogP contribution in [-0.4, -0.2) is 34.7 Å². The number of anilines is 1. The highest BCUT2D eigenvalue weighted by Gasteiger charge is 2.11. The lowest BCUT2D eigenvalue weighted by Gasteiger charge is -2.04. The number of aromatic amines is 1. The van der Waals surface area contributed by atoms with Gasteiger partial charge in [0, 0.05) is 18.5 Å². The first kappa shape index (κ1) is 16.7. The van der Waals surface area contributed by atoms with Crippen molar-refractivity contribution in [3.8, 4) is 10.7 Å². The molecule has 0 aliphatic rings. The average molecular weight is 356 g/mol. The number of benzene rings is 1. The molecule has 8 nitrogen and oxygen atoms in total. The van der Waals surface area contributed by atoms with Gasteiger partial charge in [-0.05, 0) is 30.3 Å². The number of thiophene rings is 1. The van der Waals surface area contributed by atoms with Crippen molar-refractivity contribution < 1.29 is 9.59 Å². The van der Waals surface area contributed by atoms with Crippen molar-refractivity contribution in [3.63, 3.8) is 0 Å². The van der Waals surface area contributed by atoms with Crippen LogP contribution >= 0.6 is 11.3 Å². The van der Waals surface area contributed by atoms with Crippen molar-refractivity contribution in [1.82, 2.24) is 15.3 Å². The van der Waals surface area contributed by atoms with E-state index in [0.717, 1.165) is 20.9 Å². The topological polar surface area (TPSA) is 137 Å². The Morgan fingerprint density at radius 1 is 1.36 bits per heavy atom. The van der Waals surface area contributed by atoms with Crippen LogP contribution in [0.25, 0.3) is 21.7 Å². The Bertz CT molecular complexity index is 945. The number of hydrogen-bond donors (Lipinski definition) is 5. The minimum absolute atomic E-state index is 0.0355. The van der Waals surface area contributed by atoms with Crippen LogP contribution in [0, 0.1) is 5.41 Å². The molecule has 2 aromatic heterocycles. The number of rotatable bonds is 7. The van der Waals surface area contributed by atoms with E-state index in [1.165, 1.54) is 11.3 Å². The number of amides is 2. The van der Waals surface area contributed by atoms with Crippen molar-refractivity contribution >= 4 is 45.5 Å². The Morgan fingerprint density at radius 3 is 2.96 bits per heavy atom. The fraction of sp³-hybridized carbons (Fsp3) is 0.125. The minimum atomic E-state index is -0.229. The van der Waals surface area contributed by atoms with Crippen LogP contribution in [0.3, 0.4) is 0 Å². The van der Waals surface area contributed by atoms with E-state index >= 15 is 0 Å².